The Morgan fingerprint density at radius 2 is 1.37 bits per heavy atom. The maximum atomic E-state index is 2.28. The summed E-state index contributed by atoms with van der Waals surface area (Å²) < 4.78 is 0. The highest BCUT2D eigenvalue weighted by Gasteiger charge is 1.97. The number of benzene rings is 1. The monoisotopic (exact) mass is 278 g/mol. The molecule has 0 amide bonds. The van der Waals surface area contributed by atoms with Gasteiger partial charge in [0, 0.05) is 4.90 Å². The van der Waals surface area contributed by atoms with Crippen molar-refractivity contribution in [2.45, 2.75) is 76.5 Å². The summed E-state index contributed by atoms with van der Waals surface area (Å²) in [4.78, 5) is 1.46. The van der Waals surface area contributed by atoms with E-state index in [1.54, 1.807) is 0 Å². The number of hydrogen-bond acceptors (Lipinski definition) is 1. The second-order valence-corrected chi connectivity index (χ2v) is 6.58. The van der Waals surface area contributed by atoms with Crippen LogP contribution in [0.5, 0.6) is 0 Å². The largest absolute Gasteiger partial charge is 0.126 e. The average molecular weight is 279 g/mol. The second kappa shape index (κ2) is 11.4. The molecular formula is C18H30S. The van der Waals surface area contributed by atoms with Gasteiger partial charge in [-0.3, -0.25) is 0 Å². The molecule has 0 aromatic heterocycles. The van der Waals surface area contributed by atoms with Crippen LogP contribution in [0.4, 0.5) is 0 Å². The maximum Gasteiger partial charge on any atom is 0.0101 e. The number of rotatable bonds is 11. The first-order valence-corrected chi connectivity index (χ1v) is 9.01. The minimum atomic E-state index is 1.28. The summed E-state index contributed by atoms with van der Waals surface area (Å²) in [6, 6.07) is 8.72. The number of aryl methyl sites for hydroxylation is 1. The molecule has 0 atom stereocenters. The molecule has 0 aliphatic heterocycles. The first-order chi connectivity index (χ1) is 9.34. The van der Waals surface area contributed by atoms with Gasteiger partial charge in [0.2, 0.25) is 0 Å². The van der Waals surface area contributed by atoms with Crippen LogP contribution in [0.1, 0.15) is 70.3 Å². The van der Waals surface area contributed by atoms with Gasteiger partial charge in [-0.1, -0.05) is 76.5 Å². The van der Waals surface area contributed by atoms with Crippen LogP contribution in [-0.4, -0.2) is 5.75 Å². The van der Waals surface area contributed by atoms with Crippen LogP contribution in [0, 0.1) is 6.92 Å². The molecule has 0 N–H and O–H groups in total. The van der Waals surface area contributed by atoms with Gasteiger partial charge in [-0.05, 0) is 30.7 Å². The van der Waals surface area contributed by atoms with Crippen LogP contribution >= 0.6 is 11.8 Å². The molecule has 0 unspecified atom stereocenters. The summed E-state index contributed by atoms with van der Waals surface area (Å²) in [6.07, 6.45) is 12.8. The van der Waals surface area contributed by atoms with Gasteiger partial charge in [-0.15, -0.1) is 11.8 Å². The normalized spacial score (nSPS) is 10.8. The van der Waals surface area contributed by atoms with E-state index in [4.69, 9.17) is 0 Å². The Morgan fingerprint density at radius 3 is 2.00 bits per heavy atom. The molecule has 0 saturated carbocycles. The van der Waals surface area contributed by atoms with E-state index >= 15 is 0 Å². The van der Waals surface area contributed by atoms with Crippen LogP contribution in [-0.2, 0) is 0 Å². The van der Waals surface area contributed by atoms with Crippen molar-refractivity contribution in [3.05, 3.63) is 29.8 Å². The Bertz CT molecular complexity index is 319. The first kappa shape index (κ1) is 16.6. The Labute approximate surface area is 124 Å². The molecule has 0 aliphatic carbocycles. The first-order valence-electron chi connectivity index (χ1n) is 8.03. The molecule has 0 bridgehead atoms. The quantitative estimate of drug-likeness (QED) is 0.324. The van der Waals surface area contributed by atoms with Gasteiger partial charge in [0.15, 0.2) is 0 Å². The molecule has 1 aromatic carbocycles. The molecule has 0 saturated heterocycles. The summed E-state index contributed by atoms with van der Waals surface area (Å²) >= 11 is 2.02. The molecule has 1 heteroatoms. The molecule has 1 aromatic rings. The van der Waals surface area contributed by atoms with Gasteiger partial charge >= 0.3 is 0 Å². The molecule has 0 radical (unpaired) electrons. The van der Waals surface area contributed by atoms with Crippen molar-refractivity contribution >= 4 is 11.8 Å². The van der Waals surface area contributed by atoms with Crippen LogP contribution in [0.2, 0.25) is 0 Å². The summed E-state index contributed by atoms with van der Waals surface area (Å²) in [5.74, 6) is 1.28. The average Bonchev–Trinajstić information content (AvgIpc) is 2.43. The predicted octanol–water partition coefficient (Wildman–Crippen LogP) is 6.62. The fourth-order valence-corrected chi connectivity index (χ4v) is 3.35. The minimum absolute atomic E-state index is 1.28. The fraction of sp³-hybridized carbons (Fsp3) is 0.667. The lowest BCUT2D eigenvalue weighted by Gasteiger charge is -2.05. The van der Waals surface area contributed by atoms with Gasteiger partial charge in [0.25, 0.3) is 0 Å². The number of unbranched alkanes of at least 4 members (excludes halogenated alkanes) is 8. The molecule has 108 valence electrons. The minimum Gasteiger partial charge on any atom is -0.126 e. The van der Waals surface area contributed by atoms with Gasteiger partial charge in [-0.2, -0.15) is 0 Å². The van der Waals surface area contributed by atoms with Crippen LogP contribution in [0.15, 0.2) is 29.2 Å². The van der Waals surface area contributed by atoms with Crippen LogP contribution in [0.3, 0.4) is 0 Å². The van der Waals surface area contributed by atoms with E-state index < -0.39 is 0 Å². The third kappa shape index (κ3) is 8.36. The molecule has 0 spiro atoms. The third-order valence-electron chi connectivity index (χ3n) is 3.60. The summed E-state index contributed by atoms with van der Waals surface area (Å²) in [7, 11) is 0. The Balaban J connectivity index is 1.90. The Kier molecular flexibility index (Phi) is 9.98. The van der Waals surface area contributed by atoms with E-state index in [1.165, 1.54) is 74.0 Å². The molecular weight excluding hydrogens is 248 g/mol. The highest BCUT2D eigenvalue weighted by molar-refractivity contribution is 7.99. The number of hydrogen-bond donors (Lipinski definition) is 0. The second-order valence-electron chi connectivity index (χ2n) is 5.44. The summed E-state index contributed by atoms with van der Waals surface area (Å²) in [6.45, 7) is 4.49. The van der Waals surface area contributed by atoms with E-state index in [-0.39, 0.29) is 0 Å². The molecule has 0 nitrogen and oxygen atoms in total. The van der Waals surface area contributed by atoms with E-state index in [0.29, 0.717) is 0 Å². The van der Waals surface area contributed by atoms with E-state index in [2.05, 4.69) is 38.1 Å². The van der Waals surface area contributed by atoms with E-state index in [0.717, 1.165) is 0 Å². The topological polar surface area (TPSA) is 0 Å². The Hall–Kier alpha value is -0.430. The van der Waals surface area contributed by atoms with Crippen LogP contribution < -0.4 is 0 Å². The fourth-order valence-electron chi connectivity index (χ4n) is 2.31. The van der Waals surface area contributed by atoms with Crippen molar-refractivity contribution < 1.29 is 0 Å². The Morgan fingerprint density at radius 1 is 0.789 bits per heavy atom. The van der Waals surface area contributed by atoms with Gasteiger partial charge in [0.05, 0.1) is 0 Å². The highest BCUT2D eigenvalue weighted by Crippen LogP contribution is 2.23. The van der Waals surface area contributed by atoms with E-state index in [9.17, 15) is 0 Å². The molecule has 0 heterocycles. The van der Waals surface area contributed by atoms with Gasteiger partial charge < -0.3 is 0 Å². The lowest BCUT2D eigenvalue weighted by molar-refractivity contribution is 0.573. The van der Waals surface area contributed by atoms with Crippen molar-refractivity contribution in [3.63, 3.8) is 0 Å². The zero-order chi connectivity index (χ0) is 13.8. The van der Waals surface area contributed by atoms with Crippen molar-refractivity contribution in [3.8, 4) is 0 Å². The molecule has 0 fully saturated rings. The SMILES string of the molecule is CCCCCCCCCCCSc1ccccc1C. The summed E-state index contributed by atoms with van der Waals surface area (Å²) in [5.41, 5.74) is 1.42. The lowest BCUT2D eigenvalue weighted by atomic mass is 10.1. The van der Waals surface area contributed by atoms with Crippen LogP contribution in [0.25, 0.3) is 0 Å². The van der Waals surface area contributed by atoms with Crippen molar-refractivity contribution in [1.82, 2.24) is 0 Å². The summed E-state index contributed by atoms with van der Waals surface area (Å²) in [5, 5.41) is 0. The smallest absolute Gasteiger partial charge is 0.0101 e. The molecule has 1 rings (SSSR count). The third-order valence-corrected chi connectivity index (χ3v) is 4.86. The molecule has 19 heavy (non-hydrogen) atoms. The maximum absolute atomic E-state index is 2.28. The molecule has 0 aliphatic rings. The highest BCUT2D eigenvalue weighted by atomic mass is 32.2. The standard InChI is InChI=1S/C18H30S/c1-3-4-5-6-7-8-9-10-13-16-19-18-15-12-11-14-17(18)2/h11-12,14-15H,3-10,13,16H2,1-2H3. The van der Waals surface area contributed by atoms with E-state index in [1.807, 2.05) is 11.8 Å². The van der Waals surface area contributed by atoms with Crippen molar-refractivity contribution in [1.29, 1.82) is 0 Å². The van der Waals surface area contributed by atoms with Gasteiger partial charge in [0.1, 0.15) is 0 Å². The zero-order valence-corrected chi connectivity index (χ0v) is 13.6. The van der Waals surface area contributed by atoms with Crippen molar-refractivity contribution in [2.24, 2.45) is 0 Å². The van der Waals surface area contributed by atoms with Gasteiger partial charge in [-0.25, -0.2) is 0 Å². The predicted molar refractivity (Wildman–Crippen MR) is 89.1 cm³/mol. The van der Waals surface area contributed by atoms with Crippen molar-refractivity contribution in [2.75, 3.05) is 5.75 Å². The zero-order valence-electron chi connectivity index (χ0n) is 12.8. The lowest BCUT2D eigenvalue weighted by Crippen LogP contribution is -1.85. The number of thioether (sulfide) groups is 1.